The van der Waals surface area contributed by atoms with Gasteiger partial charge in [0.15, 0.2) is 0 Å². The van der Waals surface area contributed by atoms with Gasteiger partial charge in [0.1, 0.15) is 11.9 Å². The molecular weight excluding hydrogens is 283 g/mol. The molecule has 0 spiro atoms. The van der Waals surface area contributed by atoms with Crippen LogP contribution in [0.4, 0.5) is 4.39 Å². The Bertz CT molecular complexity index is 609. The maximum Gasteiger partial charge on any atom is 0.240 e. The Morgan fingerprint density at radius 2 is 2.10 bits per heavy atom. The zero-order valence-corrected chi connectivity index (χ0v) is 12.1. The van der Waals surface area contributed by atoms with Gasteiger partial charge in [-0.25, -0.2) is 17.5 Å². The minimum Gasteiger partial charge on any atom is -0.396 e. The Balaban J connectivity index is 3.08. The fraction of sp³-hybridized carbons (Fsp3) is 0.462. The van der Waals surface area contributed by atoms with Gasteiger partial charge in [0.25, 0.3) is 0 Å². The molecule has 0 saturated heterocycles. The summed E-state index contributed by atoms with van der Waals surface area (Å²) >= 11 is 0. The summed E-state index contributed by atoms with van der Waals surface area (Å²) in [6.45, 7) is 3.51. The smallest absolute Gasteiger partial charge is 0.240 e. The minimum atomic E-state index is -3.85. The molecular formula is C13H17FN2O3S. The van der Waals surface area contributed by atoms with Gasteiger partial charge in [0.2, 0.25) is 10.0 Å². The van der Waals surface area contributed by atoms with Gasteiger partial charge in [0.05, 0.1) is 10.5 Å². The summed E-state index contributed by atoms with van der Waals surface area (Å²) in [7, 11) is -3.85. The van der Waals surface area contributed by atoms with Crippen LogP contribution in [0.5, 0.6) is 0 Å². The van der Waals surface area contributed by atoms with E-state index >= 15 is 0 Å². The molecule has 0 radical (unpaired) electrons. The number of sulfonamides is 1. The van der Waals surface area contributed by atoms with Gasteiger partial charge in [-0.1, -0.05) is 13.8 Å². The van der Waals surface area contributed by atoms with Crippen molar-refractivity contribution in [2.24, 2.45) is 5.92 Å². The Hall–Kier alpha value is -1.49. The maximum atomic E-state index is 13.2. The fourth-order valence-electron chi connectivity index (χ4n) is 1.69. The van der Waals surface area contributed by atoms with Crippen LogP contribution in [0.1, 0.15) is 25.8 Å². The minimum absolute atomic E-state index is 0.00666. The van der Waals surface area contributed by atoms with Crippen molar-refractivity contribution in [3.05, 3.63) is 29.6 Å². The number of hydrogen-bond acceptors (Lipinski definition) is 4. The normalized spacial score (nSPS) is 13.2. The van der Waals surface area contributed by atoms with Crippen molar-refractivity contribution in [1.82, 2.24) is 4.72 Å². The highest BCUT2D eigenvalue weighted by atomic mass is 32.2. The number of aliphatic hydroxyl groups excluding tert-OH is 1. The largest absolute Gasteiger partial charge is 0.396 e. The third-order valence-electron chi connectivity index (χ3n) is 2.92. The molecule has 0 unspecified atom stereocenters. The number of nitriles is 1. The second kappa shape index (κ2) is 6.79. The molecule has 20 heavy (non-hydrogen) atoms. The number of rotatable bonds is 6. The van der Waals surface area contributed by atoms with Gasteiger partial charge in [-0.3, -0.25) is 0 Å². The molecule has 0 aliphatic rings. The van der Waals surface area contributed by atoms with Gasteiger partial charge < -0.3 is 5.11 Å². The van der Waals surface area contributed by atoms with E-state index in [2.05, 4.69) is 4.72 Å². The van der Waals surface area contributed by atoms with Gasteiger partial charge in [-0.15, -0.1) is 0 Å². The van der Waals surface area contributed by atoms with Crippen LogP contribution in [0.25, 0.3) is 0 Å². The summed E-state index contributed by atoms with van der Waals surface area (Å²) in [5.74, 6) is -0.768. The van der Waals surface area contributed by atoms with Gasteiger partial charge in [0, 0.05) is 12.6 Å². The first-order chi connectivity index (χ1) is 9.31. The van der Waals surface area contributed by atoms with Crippen molar-refractivity contribution in [2.75, 3.05) is 6.61 Å². The highest BCUT2D eigenvalue weighted by Gasteiger charge is 2.23. The first kappa shape index (κ1) is 16.6. The topological polar surface area (TPSA) is 90.2 Å². The highest BCUT2D eigenvalue weighted by molar-refractivity contribution is 7.89. The van der Waals surface area contributed by atoms with Crippen LogP contribution < -0.4 is 4.72 Å². The lowest BCUT2D eigenvalue weighted by molar-refractivity contribution is 0.256. The van der Waals surface area contributed by atoms with Crippen molar-refractivity contribution in [3.8, 4) is 6.07 Å². The van der Waals surface area contributed by atoms with Crippen molar-refractivity contribution in [3.63, 3.8) is 0 Å². The van der Waals surface area contributed by atoms with E-state index < -0.39 is 21.9 Å². The number of benzene rings is 1. The number of hydrogen-bond donors (Lipinski definition) is 2. The quantitative estimate of drug-likeness (QED) is 0.830. The molecule has 0 aromatic heterocycles. The van der Waals surface area contributed by atoms with Crippen LogP contribution in [0, 0.1) is 23.1 Å². The van der Waals surface area contributed by atoms with Crippen LogP contribution in [-0.2, 0) is 10.0 Å². The molecule has 7 heteroatoms. The summed E-state index contributed by atoms with van der Waals surface area (Å²) in [5, 5.41) is 17.7. The van der Waals surface area contributed by atoms with Crippen LogP contribution >= 0.6 is 0 Å². The van der Waals surface area contributed by atoms with Gasteiger partial charge in [-0.2, -0.15) is 5.26 Å². The molecule has 0 bridgehead atoms. The predicted molar refractivity (Wildman–Crippen MR) is 71.8 cm³/mol. The Kier molecular flexibility index (Phi) is 5.62. The Morgan fingerprint density at radius 1 is 1.45 bits per heavy atom. The number of halogens is 1. The molecule has 5 nitrogen and oxygen atoms in total. The standard InChI is InChI=1S/C13H17FN2O3S/c1-9(2)13(5-6-17)16-20(18,19)11-3-4-12(14)10(7-11)8-15/h3-4,7,9,13,16-17H,5-6H2,1-2H3/t13-/m0/s1. The Labute approximate surface area is 118 Å². The lowest BCUT2D eigenvalue weighted by atomic mass is 10.0. The van der Waals surface area contributed by atoms with Crippen molar-refractivity contribution in [1.29, 1.82) is 5.26 Å². The molecule has 0 aliphatic heterocycles. The average molecular weight is 300 g/mol. The molecule has 1 rings (SSSR count). The summed E-state index contributed by atoms with van der Waals surface area (Å²) in [6, 6.07) is 4.22. The molecule has 0 amide bonds. The summed E-state index contributed by atoms with van der Waals surface area (Å²) in [4.78, 5) is -0.168. The van der Waals surface area contributed by atoms with Gasteiger partial charge in [-0.05, 0) is 30.5 Å². The SMILES string of the molecule is CC(C)[C@H](CCO)NS(=O)(=O)c1ccc(F)c(C#N)c1. The third kappa shape index (κ3) is 4.00. The first-order valence-corrected chi connectivity index (χ1v) is 7.63. The molecule has 0 aliphatic carbocycles. The summed E-state index contributed by atoms with van der Waals surface area (Å²) < 4.78 is 40.0. The summed E-state index contributed by atoms with van der Waals surface area (Å²) in [5.41, 5.74) is -0.323. The average Bonchev–Trinajstić information content (AvgIpc) is 2.38. The van der Waals surface area contributed by atoms with E-state index in [1.165, 1.54) is 0 Å². The van der Waals surface area contributed by atoms with Crippen molar-refractivity contribution in [2.45, 2.75) is 31.2 Å². The maximum absolute atomic E-state index is 13.2. The molecule has 0 fully saturated rings. The van der Waals surface area contributed by atoms with Crippen LogP contribution in [0.2, 0.25) is 0 Å². The molecule has 1 aromatic rings. The molecule has 0 heterocycles. The highest BCUT2D eigenvalue weighted by Crippen LogP contribution is 2.16. The number of nitrogens with one attached hydrogen (secondary N) is 1. The predicted octanol–water partition coefficient (Wildman–Crippen LogP) is 1.38. The zero-order chi connectivity index (χ0) is 15.3. The lowest BCUT2D eigenvalue weighted by Gasteiger charge is -2.21. The molecule has 1 atom stereocenters. The first-order valence-electron chi connectivity index (χ1n) is 6.14. The summed E-state index contributed by atoms with van der Waals surface area (Å²) in [6.07, 6.45) is 0.281. The zero-order valence-electron chi connectivity index (χ0n) is 11.3. The van der Waals surface area contributed by atoms with E-state index in [0.717, 1.165) is 18.2 Å². The third-order valence-corrected chi connectivity index (χ3v) is 4.41. The second-order valence-corrected chi connectivity index (χ2v) is 6.45. The second-order valence-electron chi connectivity index (χ2n) is 4.74. The Morgan fingerprint density at radius 3 is 2.60 bits per heavy atom. The van der Waals surface area contributed by atoms with Gasteiger partial charge >= 0.3 is 0 Å². The van der Waals surface area contributed by atoms with Crippen LogP contribution in [0.15, 0.2) is 23.1 Å². The molecule has 0 saturated carbocycles. The van der Waals surface area contributed by atoms with E-state index in [0.29, 0.717) is 0 Å². The van der Waals surface area contributed by atoms with Crippen molar-refractivity contribution >= 4 is 10.0 Å². The van der Waals surface area contributed by atoms with Crippen molar-refractivity contribution < 1.29 is 17.9 Å². The van der Waals surface area contributed by atoms with Crippen LogP contribution in [0.3, 0.4) is 0 Å². The molecule has 1 aromatic carbocycles. The van der Waals surface area contributed by atoms with E-state index in [-0.39, 0.29) is 29.4 Å². The fourth-order valence-corrected chi connectivity index (χ4v) is 3.14. The van der Waals surface area contributed by atoms with E-state index in [9.17, 15) is 12.8 Å². The van der Waals surface area contributed by atoms with E-state index in [1.807, 2.05) is 13.8 Å². The lowest BCUT2D eigenvalue weighted by Crippen LogP contribution is -2.39. The monoisotopic (exact) mass is 300 g/mol. The van der Waals surface area contributed by atoms with E-state index in [1.54, 1.807) is 6.07 Å². The number of aliphatic hydroxyl groups is 1. The number of nitrogens with zero attached hydrogens (tertiary/aromatic N) is 1. The molecule has 110 valence electrons. The van der Waals surface area contributed by atoms with E-state index in [4.69, 9.17) is 10.4 Å². The molecule has 2 N–H and O–H groups in total. The van der Waals surface area contributed by atoms with Crippen LogP contribution in [-0.4, -0.2) is 26.2 Å².